The van der Waals surface area contributed by atoms with Crippen molar-refractivity contribution in [2.45, 2.75) is 6.42 Å². The highest BCUT2D eigenvalue weighted by atomic mass is 16.5. The molecule has 2 aromatic rings. The fraction of sp³-hybridized carbons (Fsp3) is 0.333. The van der Waals surface area contributed by atoms with E-state index >= 15 is 0 Å². The molecular weight excluding hydrogens is 268 g/mol. The Hall–Kier alpha value is -2.34. The number of carbonyl (C=O) groups excluding carboxylic acids is 1. The number of rotatable bonds is 6. The summed E-state index contributed by atoms with van der Waals surface area (Å²) in [6, 6.07) is 9.10. The molecule has 0 saturated carbocycles. The second-order valence-electron chi connectivity index (χ2n) is 4.78. The zero-order chi connectivity index (χ0) is 15.2. The first kappa shape index (κ1) is 15.1. The molecule has 21 heavy (non-hydrogen) atoms. The van der Waals surface area contributed by atoms with Crippen LogP contribution < -0.4 is 5.73 Å². The van der Waals surface area contributed by atoms with E-state index in [1.165, 1.54) is 0 Å². The van der Waals surface area contributed by atoms with E-state index in [0.717, 1.165) is 12.1 Å². The monoisotopic (exact) mass is 288 g/mol. The van der Waals surface area contributed by atoms with E-state index < -0.39 is 0 Å². The predicted octanol–water partition coefficient (Wildman–Crippen LogP) is 1.56. The van der Waals surface area contributed by atoms with Crippen molar-refractivity contribution in [1.82, 2.24) is 14.7 Å². The van der Waals surface area contributed by atoms with Crippen LogP contribution in [0.2, 0.25) is 0 Å². The van der Waals surface area contributed by atoms with Gasteiger partial charge in [0.25, 0.3) is 5.91 Å². The normalized spacial score (nSPS) is 10.6. The minimum atomic E-state index is -0.112. The van der Waals surface area contributed by atoms with Crippen LogP contribution in [0.5, 0.6) is 0 Å². The summed E-state index contributed by atoms with van der Waals surface area (Å²) in [5.41, 5.74) is 7.69. The van der Waals surface area contributed by atoms with Crippen molar-refractivity contribution in [2.75, 3.05) is 33.0 Å². The van der Waals surface area contributed by atoms with E-state index in [2.05, 4.69) is 5.10 Å². The van der Waals surface area contributed by atoms with E-state index in [-0.39, 0.29) is 5.91 Å². The van der Waals surface area contributed by atoms with Gasteiger partial charge in [0.15, 0.2) is 5.69 Å². The van der Waals surface area contributed by atoms with Crippen molar-refractivity contribution in [1.29, 1.82) is 0 Å². The van der Waals surface area contributed by atoms with Crippen LogP contribution in [0.3, 0.4) is 0 Å². The molecule has 1 heterocycles. The summed E-state index contributed by atoms with van der Waals surface area (Å²) in [5, 5.41) is 4.30. The Morgan fingerprint density at radius 3 is 2.86 bits per heavy atom. The van der Waals surface area contributed by atoms with Crippen molar-refractivity contribution in [3.8, 4) is 5.69 Å². The quantitative estimate of drug-likeness (QED) is 0.646. The summed E-state index contributed by atoms with van der Waals surface area (Å²) in [6.07, 6.45) is 2.53. The number of anilines is 1. The maximum Gasteiger partial charge on any atom is 0.274 e. The first-order valence-corrected chi connectivity index (χ1v) is 6.78. The maximum atomic E-state index is 12.2. The maximum absolute atomic E-state index is 12.2. The van der Waals surface area contributed by atoms with Crippen LogP contribution in [-0.2, 0) is 4.74 Å². The average Bonchev–Trinajstić information content (AvgIpc) is 2.96. The smallest absolute Gasteiger partial charge is 0.274 e. The second kappa shape index (κ2) is 6.90. The molecule has 0 spiro atoms. The third-order valence-corrected chi connectivity index (χ3v) is 3.18. The Bertz CT molecular complexity index is 609. The third-order valence-electron chi connectivity index (χ3n) is 3.18. The molecule has 1 aromatic carbocycles. The molecule has 1 aromatic heterocycles. The number of amides is 1. The van der Waals surface area contributed by atoms with Crippen LogP contribution in [0.15, 0.2) is 36.5 Å². The SMILES string of the molecule is COCCCN(C)C(=O)c1ccn(-c2ccccc2N)n1. The summed E-state index contributed by atoms with van der Waals surface area (Å²) < 4.78 is 6.60. The summed E-state index contributed by atoms with van der Waals surface area (Å²) in [4.78, 5) is 13.9. The molecule has 0 bridgehead atoms. The zero-order valence-corrected chi connectivity index (χ0v) is 12.3. The molecule has 0 atom stereocenters. The van der Waals surface area contributed by atoms with Gasteiger partial charge in [-0.05, 0) is 24.6 Å². The number of nitrogens with two attached hydrogens (primary N) is 1. The molecular formula is C15H20N4O2. The number of hydrogen-bond acceptors (Lipinski definition) is 4. The van der Waals surface area contributed by atoms with Gasteiger partial charge >= 0.3 is 0 Å². The van der Waals surface area contributed by atoms with Crippen molar-refractivity contribution in [3.05, 3.63) is 42.2 Å². The Morgan fingerprint density at radius 1 is 1.38 bits per heavy atom. The molecule has 0 radical (unpaired) electrons. The van der Waals surface area contributed by atoms with Crippen molar-refractivity contribution < 1.29 is 9.53 Å². The van der Waals surface area contributed by atoms with Crippen LogP contribution in [0.1, 0.15) is 16.9 Å². The molecule has 6 heteroatoms. The zero-order valence-electron chi connectivity index (χ0n) is 12.3. The predicted molar refractivity (Wildman–Crippen MR) is 81.4 cm³/mol. The van der Waals surface area contributed by atoms with Gasteiger partial charge in [-0.2, -0.15) is 5.10 Å². The molecule has 2 N–H and O–H groups in total. The van der Waals surface area contributed by atoms with Gasteiger partial charge in [0.05, 0.1) is 11.4 Å². The number of methoxy groups -OCH3 is 1. The Labute approximate surface area is 124 Å². The Balaban J connectivity index is 2.09. The van der Waals surface area contributed by atoms with E-state index in [9.17, 15) is 4.79 Å². The van der Waals surface area contributed by atoms with Crippen molar-refractivity contribution in [3.63, 3.8) is 0 Å². The minimum absolute atomic E-state index is 0.112. The molecule has 112 valence electrons. The van der Waals surface area contributed by atoms with Gasteiger partial charge in [-0.1, -0.05) is 12.1 Å². The highest BCUT2D eigenvalue weighted by Crippen LogP contribution is 2.16. The molecule has 0 aliphatic carbocycles. The standard InChI is InChI=1S/C15H20N4O2/c1-18(9-5-11-21-2)15(20)13-8-10-19(17-13)14-7-4-3-6-12(14)16/h3-4,6-8,10H,5,9,11,16H2,1-2H3. The lowest BCUT2D eigenvalue weighted by molar-refractivity contribution is 0.0773. The van der Waals surface area contributed by atoms with E-state index in [0.29, 0.717) is 24.5 Å². The van der Waals surface area contributed by atoms with Crippen LogP contribution >= 0.6 is 0 Å². The van der Waals surface area contributed by atoms with Gasteiger partial charge in [0.2, 0.25) is 0 Å². The number of nitrogen functional groups attached to an aromatic ring is 1. The fourth-order valence-corrected chi connectivity index (χ4v) is 2.01. The highest BCUT2D eigenvalue weighted by molar-refractivity contribution is 5.92. The minimum Gasteiger partial charge on any atom is -0.397 e. The third kappa shape index (κ3) is 3.61. The molecule has 0 aliphatic rings. The lowest BCUT2D eigenvalue weighted by atomic mass is 10.3. The largest absolute Gasteiger partial charge is 0.397 e. The number of benzene rings is 1. The summed E-state index contributed by atoms with van der Waals surface area (Å²) in [6.45, 7) is 1.26. The van der Waals surface area contributed by atoms with Crippen LogP contribution in [0.4, 0.5) is 5.69 Å². The number of ether oxygens (including phenoxy) is 1. The van der Waals surface area contributed by atoms with Gasteiger partial charge in [0, 0.05) is 33.5 Å². The molecule has 0 fully saturated rings. The lowest BCUT2D eigenvalue weighted by Gasteiger charge is -2.15. The number of hydrogen-bond donors (Lipinski definition) is 1. The van der Waals surface area contributed by atoms with Gasteiger partial charge < -0.3 is 15.4 Å². The number of nitrogens with zero attached hydrogens (tertiary/aromatic N) is 3. The molecule has 0 aliphatic heterocycles. The van der Waals surface area contributed by atoms with Crippen LogP contribution in [0.25, 0.3) is 5.69 Å². The number of carbonyl (C=O) groups is 1. The molecule has 0 unspecified atom stereocenters. The fourth-order valence-electron chi connectivity index (χ4n) is 2.01. The second-order valence-corrected chi connectivity index (χ2v) is 4.78. The van der Waals surface area contributed by atoms with E-state index in [1.807, 2.05) is 18.2 Å². The van der Waals surface area contributed by atoms with Crippen LogP contribution in [-0.4, -0.2) is 47.9 Å². The summed E-state index contributed by atoms with van der Waals surface area (Å²) in [7, 11) is 3.40. The van der Waals surface area contributed by atoms with Crippen molar-refractivity contribution in [2.24, 2.45) is 0 Å². The molecule has 1 amide bonds. The van der Waals surface area contributed by atoms with Gasteiger partial charge in [0.1, 0.15) is 0 Å². The van der Waals surface area contributed by atoms with Gasteiger partial charge in [-0.15, -0.1) is 0 Å². The summed E-state index contributed by atoms with van der Waals surface area (Å²) >= 11 is 0. The number of aromatic nitrogens is 2. The lowest BCUT2D eigenvalue weighted by Crippen LogP contribution is -2.28. The molecule has 6 nitrogen and oxygen atoms in total. The Kier molecular flexibility index (Phi) is 4.94. The number of para-hydroxylation sites is 2. The average molecular weight is 288 g/mol. The topological polar surface area (TPSA) is 73.4 Å². The van der Waals surface area contributed by atoms with E-state index in [4.69, 9.17) is 10.5 Å². The molecule has 0 saturated heterocycles. The van der Waals surface area contributed by atoms with E-state index in [1.54, 1.807) is 42.1 Å². The first-order valence-electron chi connectivity index (χ1n) is 6.78. The summed E-state index contributed by atoms with van der Waals surface area (Å²) in [5.74, 6) is -0.112. The molecule has 2 rings (SSSR count). The van der Waals surface area contributed by atoms with Crippen molar-refractivity contribution >= 4 is 11.6 Å². The van der Waals surface area contributed by atoms with Gasteiger partial charge in [-0.25, -0.2) is 4.68 Å². The Morgan fingerprint density at radius 2 is 2.14 bits per heavy atom. The first-order chi connectivity index (χ1) is 10.1. The van der Waals surface area contributed by atoms with Crippen LogP contribution in [0, 0.1) is 0 Å². The van der Waals surface area contributed by atoms with Gasteiger partial charge in [-0.3, -0.25) is 4.79 Å². The highest BCUT2D eigenvalue weighted by Gasteiger charge is 2.15.